The Labute approximate surface area is 205 Å². The Morgan fingerprint density at radius 2 is 1.76 bits per heavy atom. The van der Waals surface area contributed by atoms with Crippen LogP contribution in [0.2, 0.25) is 10.0 Å². The number of fused-ring (bicyclic) bond motifs is 1. The first-order chi connectivity index (χ1) is 16.5. The Kier molecular flexibility index (Phi) is 5.82. The first-order valence-corrected chi connectivity index (χ1v) is 11.3. The fourth-order valence-corrected chi connectivity index (χ4v) is 5.01. The third-order valence-electron chi connectivity index (χ3n) is 5.87. The zero-order chi connectivity index (χ0) is 23.8. The molecule has 3 heterocycles. The Bertz CT molecular complexity index is 1450. The summed E-state index contributed by atoms with van der Waals surface area (Å²) < 4.78 is 15.8. The molecule has 0 atom stereocenters. The molecule has 0 saturated carbocycles. The normalized spacial score (nSPS) is 12.7. The van der Waals surface area contributed by atoms with Crippen molar-refractivity contribution < 1.29 is 9.18 Å². The van der Waals surface area contributed by atoms with E-state index in [1.165, 1.54) is 12.1 Å². The highest BCUT2D eigenvalue weighted by atomic mass is 35.5. The summed E-state index contributed by atoms with van der Waals surface area (Å²) in [7, 11) is 0. The van der Waals surface area contributed by atoms with Crippen LogP contribution < -0.4 is 5.32 Å². The number of nitrogens with one attached hydrogen (secondary N) is 1. The van der Waals surface area contributed by atoms with Gasteiger partial charge in [-0.2, -0.15) is 5.26 Å². The van der Waals surface area contributed by atoms with Crippen LogP contribution in [0.3, 0.4) is 0 Å². The quantitative estimate of drug-likeness (QED) is 0.388. The van der Waals surface area contributed by atoms with Gasteiger partial charge >= 0.3 is 0 Å². The van der Waals surface area contributed by atoms with Crippen LogP contribution >= 0.6 is 23.2 Å². The SMILES string of the molecule is N#Cc1cc(F)ccc1Cn1c2c(c(-c3cc(Cl)cc(Cl)c3)c1-c1ccncc1)C(=O)NCC2. The Balaban J connectivity index is 1.85. The maximum atomic E-state index is 13.8. The topological polar surface area (TPSA) is 70.7 Å². The molecule has 2 aromatic carbocycles. The van der Waals surface area contributed by atoms with Gasteiger partial charge in [0.05, 0.1) is 22.9 Å². The zero-order valence-corrected chi connectivity index (χ0v) is 19.3. The largest absolute Gasteiger partial charge is 0.352 e. The number of nitriles is 1. The molecule has 0 bridgehead atoms. The van der Waals surface area contributed by atoms with Gasteiger partial charge in [0, 0.05) is 58.8 Å². The molecule has 34 heavy (non-hydrogen) atoms. The molecule has 0 aliphatic carbocycles. The molecule has 0 radical (unpaired) electrons. The van der Waals surface area contributed by atoms with Gasteiger partial charge in [-0.1, -0.05) is 29.3 Å². The van der Waals surface area contributed by atoms with E-state index in [1.807, 2.05) is 16.7 Å². The van der Waals surface area contributed by atoms with Gasteiger partial charge in [0.1, 0.15) is 5.82 Å². The highest BCUT2D eigenvalue weighted by molar-refractivity contribution is 6.35. The number of carbonyl (C=O) groups excluding carboxylic acids is 1. The van der Waals surface area contributed by atoms with Crippen LogP contribution in [0.4, 0.5) is 4.39 Å². The molecular formula is C26H17Cl2FN4O. The van der Waals surface area contributed by atoms with E-state index >= 15 is 0 Å². The lowest BCUT2D eigenvalue weighted by atomic mass is 9.95. The van der Waals surface area contributed by atoms with E-state index in [0.29, 0.717) is 45.3 Å². The van der Waals surface area contributed by atoms with Crippen LogP contribution in [0.5, 0.6) is 0 Å². The third kappa shape index (κ3) is 3.94. The van der Waals surface area contributed by atoms with Crippen molar-refractivity contribution >= 4 is 29.1 Å². The standard InChI is InChI=1S/C26H17Cl2FN4O/c27-19-9-17(10-20(28)12-19)23-24-22(5-8-32-26(24)34)33(25(23)15-3-6-31-7-4-15)14-16-1-2-21(29)11-18(16)13-30/h1-4,6-7,9-12H,5,8,14H2,(H,32,34). The van der Waals surface area contributed by atoms with Crippen LogP contribution in [-0.2, 0) is 13.0 Å². The molecule has 0 spiro atoms. The number of benzene rings is 2. The predicted molar refractivity (Wildman–Crippen MR) is 129 cm³/mol. The molecule has 8 heteroatoms. The molecule has 1 aliphatic rings. The van der Waals surface area contributed by atoms with Crippen LogP contribution in [0.15, 0.2) is 60.9 Å². The summed E-state index contributed by atoms with van der Waals surface area (Å²) in [6.07, 6.45) is 3.95. The summed E-state index contributed by atoms with van der Waals surface area (Å²) in [4.78, 5) is 17.3. The van der Waals surface area contributed by atoms with Gasteiger partial charge in [-0.05, 0) is 53.6 Å². The minimum absolute atomic E-state index is 0.194. The molecule has 0 saturated heterocycles. The van der Waals surface area contributed by atoms with E-state index in [9.17, 15) is 14.4 Å². The van der Waals surface area contributed by atoms with E-state index in [-0.39, 0.29) is 18.0 Å². The molecule has 5 rings (SSSR count). The van der Waals surface area contributed by atoms with Gasteiger partial charge in [-0.3, -0.25) is 9.78 Å². The molecule has 1 aliphatic heterocycles. The first kappa shape index (κ1) is 22.1. The van der Waals surface area contributed by atoms with Crippen molar-refractivity contribution in [3.63, 3.8) is 0 Å². The monoisotopic (exact) mass is 490 g/mol. The lowest BCUT2D eigenvalue weighted by Gasteiger charge is -2.18. The van der Waals surface area contributed by atoms with Crippen molar-refractivity contribution in [3.8, 4) is 28.5 Å². The van der Waals surface area contributed by atoms with E-state index in [4.69, 9.17) is 23.2 Å². The minimum Gasteiger partial charge on any atom is -0.352 e. The molecule has 168 valence electrons. The number of halogens is 3. The summed E-state index contributed by atoms with van der Waals surface area (Å²) in [6, 6.07) is 15.2. The van der Waals surface area contributed by atoms with Crippen molar-refractivity contribution in [3.05, 3.63) is 99.2 Å². The average Bonchev–Trinajstić information content (AvgIpc) is 3.15. The van der Waals surface area contributed by atoms with Gasteiger partial charge in [-0.25, -0.2) is 4.39 Å². The summed E-state index contributed by atoms with van der Waals surface area (Å²) >= 11 is 12.7. The van der Waals surface area contributed by atoms with Crippen molar-refractivity contribution in [2.45, 2.75) is 13.0 Å². The zero-order valence-electron chi connectivity index (χ0n) is 17.8. The lowest BCUT2D eigenvalue weighted by Crippen LogP contribution is -2.32. The summed E-state index contributed by atoms with van der Waals surface area (Å²) in [5, 5.41) is 13.4. The Hall–Kier alpha value is -3.66. The smallest absolute Gasteiger partial charge is 0.253 e. The molecule has 2 aromatic heterocycles. The van der Waals surface area contributed by atoms with Gasteiger partial charge in [0.15, 0.2) is 0 Å². The van der Waals surface area contributed by atoms with Crippen LogP contribution in [-0.4, -0.2) is 22.0 Å². The number of aromatic nitrogens is 2. The molecular weight excluding hydrogens is 474 g/mol. The second-order valence-corrected chi connectivity index (χ2v) is 8.82. The number of hydrogen-bond acceptors (Lipinski definition) is 3. The summed E-state index contributed by atoms with van der Waals surface area (Å²) in [5.41, 5.74) is 5.28. The van der Waals surface area contributed by atoms with Crippen LogP contribution in [0, 0.1) is 17.1 Å². The second kappa shape index (κ2) is 8.94. The maximum Gasteiger partial charge on any atom is 0.253 e. The van der Waals surface area contributed by atoms with Gasteiger partial charge in [0.25, 0.3) is 5.91 Å². The first-order valence-electron chi connectivity index (χ1n) is 10.5. The van der Waals surface area contributed by atoms with E-state index in [2.05, 4.69) is 16.4 Å². The minimum atomic E-state index is -0.474. The Morgan fingerprint density at radius 3 is 2.47 bits per heavy atom. The van der Waals surface area contributed by atoms with Crippen molar-refractivity contribution in [1.82, 2.24) is 14.9 Å². The summed E-state index contributed by atoms with van der Waals surface area (Å²) in [5.74, 6) is -0.668. The summed E-state index contributed by atoms with van der Waals surface area (Å²) in [6.45, 7) is 0.765. The molecule has 4 aromatic rings. The van der Waals surface area contributed by atoms with Crippen molar-refractivity contribution in [2.24, 2.45) is 0 Å². The highest BCUT2D eigenvalue weighted by Gasteiger charge is 2.31. The molecule has 1 N–H and O–H groups in total. The highest BCUT2D eigenvalue weighted by Crippen LogP contribution is 2.42. The average molecular weight is 491 g/mol. The van der Waals surface area contributed by atoms with Crippen molar-refractivity contribution in [1.29, 1.82) is 5.26 Å². The van der Waals surface area contributed by atoms with E-state index in [1.54, 1.807) is 36.7 Å². The molecule has 0 unspecified atom stereocenters. The lowest BCUT2D eigenvalue weighted by molar-refractivity contribution is 0.0946. The number of amides is 1. The second-order valence-electron chi connectivity index (χ2n) is 7.94. The van der Waals surface area contributed by atoms with Gasteiger partial charge in [0.2, 0.25) is 0 Å². The third-order valence-corrected chi connectivity index (χ3v) is 6.31. The Morgan fingerprint density at radius 1 is 1.03 bits per heavy atom. The van der Waals surface area contributed by atoms with Gasteiger partial charge in [-0.15, -0.1) is 0 Å². The van der Waals surface area contributed by atoms with E-state index in [0.717, 1.165) is 17.0 Å². The van der Waals surface area contributed by atoms with Crippen LogP contribution in [0.1, 0.15) is 27.2 Å². The molecule has 0 fully saturated rings. The maximum absolute atomic E-state index is 13.8. The molecule has 1 amide bonds. The van der Waals surface area contributed by atoms with E-state index < -0.39 is 5.82 Å². The predicted octanol–water partition coefficient (Wildman–Crippen LogP) is 5.87. The molecule has 5 nitrogen and oxygen atoms in total. The number of pyridine rings is 1. The van der Waals surface area contributed by atoms with Crippen molar-refractivity contribution in [2.75, 3.05) is 6.54 Å². The fraction of sp³-hybridized carbons (Fsp3) is 0.115. The van der Waals surface area contributed by atoms with Crippen LogP contribution in [0.25, 0.3) is 22.4 Å². The number of hydrogen-bond donors (Lipinski definition) is 1. The number of rotatable bonds is 4. The number of carbonyl (C=O) groups is 1. The number of nitrogens with zero attached hydrogens (tertiary/aromatic N) is 3. The van der Waals surface area contributed by atoms with Gasteiger partial charge < -0.3 is 9.88 Å². The fourth-order valence-electron chi connectivity index (χ4n) is 4.48.